The molecule has 7 nitrogen and oxygen atoms in total. The molecule has 6 rings (SSSR count). The number of likely N-dealkylation sites (tertiary alicyclic amines) is 1. The average Bonchev–Trinajstić information content (AvgIpc) is 3.18. The number of aromatic nitrogens is 2. The third kappa shape index (κ3) is 3.55. The molecule has 1 saturated heterocycles. The highest BCUT2D eigenvalue weighted by Gasteiger charge is 2.54. The molecule has 2 aromatic carbocycles. The number of fused-ring (bicyclic) bond motifs is 2. The van der Waals surface area contributed by atoms with E-state index < -0.39 is 17.5 Å². The summed E-state index contributed by atoms with van der Waals surface area (Å²) in [5.41, 5.74) is 14.1. The van der Waals surface area contributed by atoms with Gasteiger partial charge in [0, 0.05) is 30.0 Å². The van der Waals surface area contributed by atoms with Gasteiger partial charge < -0.3 is 20.9 Å². The Balaban J connectivity index is 1.40. The fourth-order valence-corrected chi connectivity index (χ4v) is 6.56. The summed E-state index contributed by atoms with van der Waals surface area (Å²) in [6, 6.07) is 10.2. The van der Waals surface area contributed by atoms with Gasteiger partial charge in [0.05, 0.1) is 4.88 Å². The molecule has 2 amide bonds. The fourth-order valence-electron chi connectivity index (χ4n) is 5.74. The molecular weight excluding hydrogens is 484 g/mol. The van der Waals surface area contributed by atoms with E-state index >= 15 is 0 Å². The van der Waals surface area contributed by atoms with Crippen LogP contribution in [0.1, 0.15) is 39.4 Å². The van der Waals surface area contributed by atoms with E-state index in [0.717, 1.165) is 24.2 Å². The molecule has 1 saturated carbocycles. The van der Waals surface area contributed by atoms with Crippen molar-refractivity contribution in [3.05, 3.63) is 71.1 Å². The summed E-state index contributed by atoms with van der Waals surface area (Å²) in [7, 11) is 1.72. The van der Waals surface area contributed by atoms with Crippen molar-refractivity contribution in [2.75, 3.05) is 5.73 Å². The largest absolute Gasteiger partial charge is 0.375 e. The number of amides is 2. The molecule has 0 radical (unpaired) electrons. The second kappa shape index (κ2) is 8.12. The first-order chi connectivity index (χ1) is 17.2. The van der Waals surface area contributed by atoms with Gasteiger partial charge in [-0.3, -0.25) is 9.59 Å². The Hall–Kier alpha value is -3.79. The maximum Gasteiger partial charge on any atom is 0.274 e. The number of primary amides is 1. The number of nitrogen functional groups attached to an aromatic ring is 1. The van der Waals surface area contributed by atoms with Crippen molar-refractivity contribution in [3.63, 3.8) is 0 Å². The highest BCUT2D eigenvalue weighted by atomic mass is 32.1. The Labute approximate surface area is 209 Å². The Kier molecular flexibility index (Phi) is 5.11. The average molecular weight is 508 g/mol. The van der Waals surface area contributed by atoms with Gasteiger partial charge >= 0.3 is 0 Å². The number of thiazole rings is 1. The summed E-state index contributed by atoms with van der Waals surface area (Å²) in [6.07, 6.45) is 2.01. The number of benzene rings is 2. The number of halogens is 2. The molecule has 184 valence electrons. The van der Waals surface area contributed by atoms with Crippen molar-refractivity contribution in [1.82, 2.24) is 14.5 Å². The molecular formula is C26H23F2N5O2S. The molecule has 36 heavy (non-hydrogen) atoms. The number of nitrogens with zero attached hydrogens (tertiary/aromatic N) is 3. The lowest BCUT2D eigenvalue weighted by molar-refractivity contribution is 0.0696. The molecule has 0 spiro atoms. The zero-order valence-corrected chi connectivity index (χ0v) is 20.2. The summed E-state index contributed by atoms with van der Waals surface area (Å²) in [4.78, 5) is 32.9. The molecule has 3 atom stereocenters. The third-order valence-corrected chi connectivity index (χ3v) is 8.25. The van der Waals surface area contributed by atoms with Crippen molar-refractivity contribution in [2.45, 2.75) is 31.3 Å². The lowest BCUT2D eigenvalue weighted by atomic mass is 9.98. The van der Waals surface area contributed by atoms with Gasteiger partial charge in [-0.1, -0.05) is 23.5 Å². The van der Waals surface area contributed by atoms with E-state index in [4.69, 9.17) is 11.5 Å². The van der Waals surface area contributed by atoms with Crippen LogP contribution in [0.2, 0.25) is 0 Å². The monoisotopic (exact) mass is 507 g/mol. The first-order valence-corrected chi connectivity index (χ1v) is 12.5. The molecule has 2 aliphatic rings. The van der Waals surface area contributed by atoms with Crippen molar-refractivity contribution >= 4 is 39.2 Å². The number of anilines is 1. The van der Waals surface area contributed by atoms with Crippen molar-refractivity contribution in [3.8, 4) is 10.4 Å². The third-order valence-electron chi connectivity index (χ3n) is 7.32. The minimum atomic E-state index is -0.606. The van der Waals surface area contributed by atoms with E-state index in [2.05, 4.69) is 4.98 Å². The van der Waals surface area contributed by atoms with Crippen molar-refractivity contribution in [1.29, 1.82) is 0 Å². The van der Waals surface area contributed by atoms with Crippen LogP contribution in [0.3, 0.4) is 0 Å². The molecule has 0 bridgehead atoms. The molecule has 1 aliphatic carbocycles. The number of carbonyl (C=O) groups excluding carboxylic acids is 2. The molecule has 0 unspecified atom stereocenters. The van der Waals surface area contributed by atoms with Crippen LogP contribution in [-0.4, -0.2) is 38.3 Å². The van der Waals surface area contributed by atoms with Crippen LogP contribution in [0, 0.1) is 17.6 Å². The second-order valence-electron chi connectivity index (χ2n) is 9.52. The smallest absolute Gasteiger partial charge is 0.274 e. The number of carbonyl (C=O) groups is 2. The molecule has 10 heteroatoms. The first kappa shape index (κ1) is 22.7. The van der Waals surface area contributed by atoms with Crippen LogP contribution >= 0.6 is 11.3 Å². The van der Waals surface area contributed by atoms with Crippen LogP contribution in [-0.2, 0) is 13.5 Å². The van der Waals surface area contributed by atoms with Gasteiger partial charge in [0.15, 0.2) is 5.13 Å². The maximum atomic E-state index is 14.2. The zero-order chi connectivity index (χ0) is 25.3. The lowest BCUT2D eigenvalue weighted by Crippen LogP contribution is -2.40. The SMILES string of the molecule is Cn1c(C(N)=O)c(C[C@@H]2C[C@@H]3C[C@@H]3N2C(=O)c2nc(N)sc2-c2cccc(F)c2)c2cc(F)ccc21. The minimum Gasteiger partial charge on any atom is -0.375 e. The molecule has 2 aromatic heterocycles. The highest BCUT2D eigenvalue weighted by Crippen LogP contribution is 2.50. The number of aryl methyl sites for hydroxylation is 1. The number of nitrogens with two attached hydrogens (primary N) is 2. The fraction of sp³-hybridized carbons (Fsp3) is 0.269. The highest BCUT2D eigenvalue weighted by molar-refractivity contribution is 7.19. The Morgan fingerprint density at radius 1 is 1.14 bits per heavy atom. The van der Waals surface area contributed by atoms with E-state index in [0.29, 0.717) is 44.9 Å². The van der Waals surface area contributed by atoms with E-state index in [9.17, 15) is 18.4 Å². The Morgan fingerprint density at radius 2 is 1.92 bits per heavy atom. The Morgan fingerprint density at radius 3 is 2.67 bits per heavy atom. The second-order valence-corrected chi connectivity index (χ2v) is 10.6. The van der Waals surface area contributed by atoms with Gasteiger partial charge in [-0.15, -0.1) is 0 Å². The van der Waals surface area contributed by atoms with E-state index in [1.807, 2.05) is 4.90 Å². The number of rotatable bonds is 5. The predicted octanol–water partition coefficient (Wildman–Crippen LogP) is 4.11. The summed E-state index contributed by atoms with van der Waals surface area (Å²) in [5, 5.41) is 0.832. The summed E-state index contributed by atoms with van der Waals surface area (Å²) < 4.78 is 29.8. The Bertz CT molecular complexity index is 1560. The summed E-state index contributed by atoms with van der Waals surface area (Å²) in [6.45, 7) is 0. The first-order valence-electron chi connectivity index (χ1n) is 11.6. The number of hydrogen-bond donors (Lipinski definition) is 2. The van der Waals surface area contributed by atoms with Crippen LogP contribution in [0.5, 0.6) is 0 Å². The number of piperidine rings is 1. The van der Waals surface area contributed by atoms with Crippen LogP contribution < -0.4 is 11.5 Å². The standard InChI is InChI=1S/C26H23F2N5O2S/c1-32-19-6-5-15(28)10-17(19)18(22(32)24(29)34)11-16-8-13-9-20(13)33(16)25(35)21-23(36-26(30)31-21)12-3-2-4-14(27)7-12/h2-7,10,13,16,20H,8-9,11H2,1H3,(H2,29,34)(H2,30,31)/t13-,16+,20+/m1/s1. The van der Waals surface area contributed by atoms with Gasteiger partial charge in [-0.05, 0) is 66.6 Å². The van der Waals surface area contributed by atoms with E-state index in [1.165, 1.54) is 24.3 Å². The topological polar surface area (TPSA) is 107 Å². The van der Waals surface area contributed by atoms with Crippen molar-refractivity contribution < 1.29 is 18.4 Å². The van der Waals surface area contributed by atoms with Crippen LogP contribution in [0.4, 0.5) is 13.9 Å². The maximum absolute atomic E-state index is 14.2. The van der Waals surface area contributed by atoms with E-state index in [-0.39, 0.29) is 28.8 Å². The predicted molar refractivity (Wildman–Crippen MR) is 133 cm³/mol. The molecule has 4 aromatic rings. The summed E-state index contributed by atoms with van der Waals surface area (Å²) >= 11 is 1.14. The molecule has 1 aliphatic heterocycles. The minimum absolute atomic E-state index is 0.0644. The zero-order valence-electron chi connectivity index (χ0n) is 19.4. The van der Waals surface area contributed by atoms with Gasteiger partial charge in [0.1, 0.15) is 23.0 Å². The van der Waals surface area contributed by atoms with Crippen molar-refractivity contribution in [2.24, 2.45) is 18.7 Å². The van der Waals surface area contributed by atoms with Gasteiger partial charge in [0.25, 0.3) is 11.8 Å². The summed E-state index contributed by atoms with van der Waals surface area (Å²) in [5.74, 6) is -1.35. The van der Waals surface area contributed by atoms with Gasteiger partial charge in [0.2, 0.25) is 0 Å². The molecule has 2 fully saturated rings. The molecule has 3 heterocycles. The number of hydrogen-bond acceptors (Lipinski definition) is 5. The van der Waals surface area contributed by atoms with E-state index in [1.54, 1.807) is 29.8 Å². The van der Waals surface area contributed by atoms with Crippen LogP contribution in [0.25, 0.3) is 21.3 Å². The normalized spacial score (nSPS) is 20.6. The van der Waals surface area contributed by atoms with Crippen LogP contribution in [0.15, 0.2) is 42.5 Å². The van der Waals surface area contributed by atoms with Gasteiger partial charge in [-0.2, -0.15) is 0 Å². The quantitative estimate of drug-likeness (QED) is 0.424. The van der Waals surface area contributed by atoms with Gasteiger partial charge in [-0.25, -0.2) is 13.8 Å². The lowest BCUT2D eigenvalue weighted by Gasteiger charge is -2.28. The molecule has 4 N–H and O–H groups in total.